The topological polar surface area (TPSA) is 58.2 Å². The van der Waals surface area contributed by atoms with Crippen LogP contribution in [0.2, 0.25) is 0 Å². The standard InChI is InChI=1S/C22H25N3O2/c1-16-7-8-19-20(15-16)24-22(23-19)17-9-12-25(13-10-17)21(26)11-14-27-18-5-3-2-4-6-18/h2-8,15,17H,9-14H2,1H3,(H,23,24). The lowest BCUT2D eigenvalue weighted by Gasteiger charge is -2.31. The summed E-state index contributed by atoms with van der Waals surface area (Å²) in [5.41, 5.74) is 3.35. The third kappa shape index (κ3) is 4.13. The summed E-state index contributed by atoms with van der Waals surface area (Å²) < 4.78 is 5.64. The van der Waals surface area contributed by atoms with Gasteiger partial charge in [0.2, 0.25) is 5.91 Å². The van der Waals surface area contributed by atoms with Crippen LogP contribution in [0, 0.1) is 6.92 Å². The molecule has 0 radical (unpaired) electrons. The minimum atomic E-state index is 0.171. The molecule has 0 unspecified atom stereocenters. The number of hydrogen-bond acceptors (Lipinski definition) is 3. The molecule has 1 N–H and O–H groups in total. The number of benzene rings is 2. The van der Waals surface area contributed by atoms with Gasteiger partial charge in [-0.25, -0.2) is 4.98 Å². The first kappa shape index (κ1) is 17.6. The maximum absolute atomic E-state index is 12.4. The van der Waals surface area contributed by atoms with E-state index in [9.17, 15) is 4.79 Å². The molecule has 0 bridgehead atoms. The molecule has 1 aliphatic heterocycles. The van der Waals surface area contributed by atoms with Gasteiger partial charge < -0.3 is 14.6 Å². The number of para-hydroxylation sites is 1. The zero-order valence-electron chi connectivity index (χ0n) is 15.6. The molecule has 1 aromatic heterocycles. The van der Waals surface area contributed by atoms with E-state index in [2.05, 4.69) is 30.1 Å². The second-order valence-electron chi connectivity index (χ2n) is 7.21. The van der Waals surface area contributed by atoms with Crippen molar-refractivity contribution in [2.24, 2.45) is 0 Å². The van der Waals surface area contributed by atoms with Crippen LogP contribution >= 0.6 is 0 Å². The van der Waals surface area contributed by atoms with E-state index in [4.69, 9.17) is 9.72 Å². The SMILES string of the molecule is Cc1ccc2nc(C3CCN(C(=O)CCOc4ccccc4)CC3)[nH]c2c1. The van der Waals surface area contributed by atoms with E-state index in [-0.39, 0.29) is 5.91 Å². The predicted molar refractivity (Wildman–Crippen MR) is 106 cm³/mol. The molecule has 0 aliphatic carbocycles. The molecule has 1 aliphatic rings. The molecule has 0 saturated carbocycles. The Bertz CT molecular complexity index is 912. The van der Waals surface area contributed by atoms with Crippen molar-refractivity contribution >= 4 is 16.9 Å². The molecule has 5 nitrogen and oxygen atoms in total. The summed E-state index contributed by atoms with van der Waals surface area (Å²) in [6, 6.07) is 15.9. The second-order valence-corrected chi connectivity index (χ2v) is 7.21. The molecular weight excluding hydrogens is 338 g/mol. The fraction of sp³-hybridized carbons (Fsp3) is 0.364. The van der Waals surface area contributed by atoms with Crippen molar-refractivity contribution in [3.63, 3.8) is 0 Å². The normalized spacial score (nSPS) is 15.2. The van der Waals surface area contributed by atoms with E-state index < -0.39 is 0 Å². The van der Waals surface area contributed by atoms with Gasteiger partial charge in [0.25, 0.3) is 0 Å². The van der Waals surface area contributed by atoms with Crippen molar-refractivity contribution in [2.45, 2.75) is 32.1 Å². The van der Waals surface area contributed by atoms with Gasteiger partial charge in [0.1, 0.15) is 11.6 Å². The van der Waals surface area contributed by atoms with Crippen LogP contribution in [0.25, 0.3) is 11.0 Å². The molecule has 0 atom stereocenters. The largest absolute Gasteiger partial charge is 0.493 e. The van der Waals surface area contributed by atoms with Crippen molar-refractivity contribution in [3.8, 4) is 5.75 Å². The van der Waals surface area contributed by atoms with Gasteiger partial charge >= 0.3 is 0 Å². The van der Waals surface area contributed by atoms with Crippen molar-refractivity contribution in [2.75, 3.05) is 19.7 Å². The number of fused-ring (bicyclic) bond motifs is 1. The van der Waals surface area contributed by atoms with Crippen molar-refractivity contribution < 1.29 is 9.53 Å². The number of rotatable bonds is 5. The Morgan fingerprint density at radius 1 is 1.19 bits per heavy atom. The van der Waals surface area contributed by atoms with Crippen LogP contribution in [0.1, 0.15) is 36.6 Å². The number of hydrogen-bond donors (Lipinski definition) is 1. The first-order valence-electron chi connectivity index (χ1n) is 9.61. The van der Waals surface area contributed by atoms with Gasteiger partial charge in [0.15, 0.2) is 0 Å². The summed E-state index contributed by atoms with van der Waals surface area (Å²) in [7, 11) is 0. The number of ether oxygens (including phenoxy) is 1. The highest BCUT2D eigenvalue weighted by molar-refractivity contribution is 5.77. The van der Waals surface area contributed by atoms with Gasteiger partial charge in [-0.1, -0.05) is 24.3 Å². The summed E-state index contributed by atoms with van der Waals surface area (Å²) in [5, 5.41) is 0. The molecule has 1 amide bonds. The molecule has 5 heteroatoms. The maximum atomic E-state index is 12.4. The molecule has 0 spiro atoms. The number of likely N-dealkylation sites (tertiary alicyclic amines) is 1. The molecule has 4 rings (SSSR count). The van der Waals surface area contributed by atoms with E-state index in [0.29, 0.717) is 18.9 Å². The van der Waals surface area contributed by atoms with Crippen LogP contribution in [-0.4, -0.2) is 40.5 Å². The Morgan fingerprint density at radius 2 is 1.96 bits per heavy atom. The molecule has 27 heavy (non-hydrogen) atoms. The van der Waals surface area contributed by atoms with Crippen LogP contribution in [0.4, 0.5) is 0 Å². The smallest absolute Gasteiger partial charge is 0.225 e. The Morgan fingerprint density at radius 3 is 2.74 bits per heavy atom. The maximum Gasteiger partial charge on any atom is 0.225 e. The lowest BCUT2D eigenvalue weighted by Crippen LogP contribution is -2.38. The quantitative estimate of drug-likeness (QED) is 0.744. The predicted octanol–water partition coefficient (Wildman–Crippen LogP) is 4.05. The number of nitrogens with zero attached hydrogens (tertiary/aromatic N) is 2. The second kappa shape index (κ2) is 7.82. The summed E-state index contributed by atoms with van der Waals surface area (Å²) in [6.07, 6.45) is 2.32. The number of H-pyrrole nitrogens is 1. The average molecular weight is 363 g/mol. The molecule has 2 aromatic carbocycles. The number of aromatic amines is 1. The number of piperidine rings is 1. The number of aromatic nitrogens is 2. The molecule has 140 valence electrons. The van der Waals surface area contributed by atoms with E-state index in [1.165, 1.54) is 5.56 Å². The first-order valence-corrected chi connectivity index (χ1v) is 9.61. The van der Waals surface area contributed by atoms with Crippen molar-refractivity contribution in [1.82, 2.24) is 14.9 Å². The highest BCUT2D eigenvalue weighted by atomic mass is 16.5. The molecule has 2 heterocycles. The summed E-state index contributed by atoms with van der Waals surface area (Å²) in [6.45, 7) is 4.08. The van der Waals surface area contributed by atoms with Gasteiger partial charge in [-0.2, -0.15) is 0 Å². The van der Waals surface area contributed by atoms with Crippen LogP contribution < -0.4 is 4.74 Å². The van der Waals surface area contributed by atoms with Gasteiger partial charge in [0, 0.05) is 19.0 Å². The zero-order valence-corrected chi connectivity index (χ0v) is 15.6. The number of amides is 1. The minimum absolute atomic E-state index is 0.171. The van der Waals surface area contributed by atoms with Gasteiger partial charge in [-0.15, -0.1) is 0 Å². The number of nitrogens with one attached hydrogen (secondary N) is 1. The van der Waals surface area contributed by atoms with Crippen molar-refractivity contribution in [1.29, 1.82) is 0 Å². The van der Waals surface area contributed by atoms with Gasteiger partial charge in [-0.3, -0.25) is 4.79 Å². The van der Waals surface area contributed by atoms with Crippen LogP contribution in [0.15, 0.2) is 48.5 Å². The summed E-state index contributed by atoms with van der Waals surface area (Å²) in [4.78, 5) is 22.6. The van der Waals surface area contributed by atoms with Gasteiger partial charge in [-0.05, 0) is 49.6 Å². The Labute approximate surface area is 159 Å². The molecular formula is C22H25N3O2. The van der Waals surface area contributed by atoms with E-state index in [1.54, 1.807) is 0 Å². The fourth-order valence-corrected chi connectivity index (χ4v) is 3.67. The first-order chi connectivity index (χ1) is 13.2. The van der Waals surface area contributed by atoms with Crippen LogP contribution in [-0.2, 0) is 4.79 Å². The highest BCUT2D eigenvalue weighted by Gasteiger charge is 2.25. The van der Waals surface area contributed by atoms with E-state index in [1.807, 2.05) is 35.2 Å². The Kier molecular flexibility index (Phi) is 5.10. The van der Waals surface area contributed by atoms with Crippen LogP contribution in [0.3, 0.4) is 0 Å². The molecule has 3 aromatic rings. The Balaban J connectivity index is 1.28. The summed E-state index contributed by atoms with van der Waals surface area (Å²) in [5.74, 6) is 2.42. The van der Waals surface area contributed by atoms with Gasteiger partial charge in [0.05, 0.1) is 24.1 Å². The number of carbonyl (C=O) groups is 1. The molecule has 1 fully saturated rings. The average Bonchev–Trinajstić information content (AvgIpc) is 3.12. The number of imidazole rings is 1. The number of aryl methyl sites for hydroxylation is 1. The lowest BCUT2D eigenvalue weighted by molar-refractivity contribution is -0.132. The molecule has 1 saturated heterocycles. The lowest BCUT2D eigenvalue weighted by atomic mass is 9.96. The zero-order chi connectivity index (χ0) is 18.6. The van der Waals surface area contributed by atoms with Crippen molar-refractivity contribution in [3.05, 3.63) is 59.9 Å². The van der Waals surface area contributed by atoms with E-state index >= 15 is 0 Å². The van der Waals surface area contributed by atoms with E-state index in [0.717, 1.165) is 48.5 Å². The summed E-state index contributed by atoms with van der Waals surface area (Å²) >= 11 is 0. The van der Waals surface area contributed by atoms with Crippen LogP contribution in [0.5, 0.6) is 5.75 Å². The third-order valence-corrected chi connectivity index (χ3v) is 5.22. The highest BCUT2D eigenvalue weighted by Crippen LogP contribution is 2.28. The number of carbonyl (C=O) groups excluding carboxylic acids is 1. The third-order valence-electron chi connectivity index (χ3n) is 5.22. The monoisotopic (exact) mass is 363 g/mol. The Hall–Kier alpha value is -2.82. The fourth-order valence-electron chi connectivity index (χ4n) is 3.67. The minimum Gasteiger partial charge on any atom is -0.493 e.